The molecule has 0 aromatic heterocycles. The number of hydrogen-bond acceptors (Lipinski definition) is 3. The molecule has 0 radical (unpaired) electrons. The van der Waals surface area contributed by atoms with Crippen LogP contribution in [0.4, 0.5) is 5.69 Å². The third kappa shape index (κ3) is 4.17. The van der Waals surface area contributed by atoms with Crippen LogP contribution in [0.15, 0.2) is 89.8 Å². The van der Waals surface area contributed by atoms with Gasteiger partial charge in [-0.1, -0.05) is 66.7 Å². The van der Waals surface area contributed by atoms with E-state index in [0.717, 1.165) is 11.1 Å². The summed E-state index contributed by atoms with van der Waals surface area (Å²) in [4.78, 5) is 12.9. The molecule has 0 atom stereocenters. The SMILES string of the molecule is NS(=O)(=O)c1cccc(NC(=O)C(c2ccccc2)c2ccccc2)c1. The number of nitrogens with one attached hydrogen (secondary N) is 1. The van der Waals surface area contributed by atoms with E-state index < -0.39 is 15.9 Å². The molecule has 0 bridgehead atoms. The zero-order valence-corrected chi connectivity index (χ0v) is 14.7. The van der Waals surface area contributed by atoms with Gasteiger partial charge < -0.3 is 5.32 Å². The Morgan fingerprint density at radius 1 is 0.808 bits per heavy atom. The summed E-state index contributed by atoms with van der Waals surface area (Å²) in [6.07, 6.45) is 0. The normalized spacial score (nSPS) is 11.3. The molecule has 5 nitrogen and oxygen atoms in total. The Morgan fingerprint density at radius 2 is 1.35 bits per heavy atom. The molecule has 0 unspecified atom stereocenters. The van der Waals surface area contributed by atoms with E-state index in [9.17, 15) is 13.2 Å². The van der Waals surface area contributed by atoms with Gasteiger partial charge in [-0.05, 0) is 29.3 Å². The summed E-state index contributed by atoms with van der Waals surface area (Å²) in [5.74, 6) is -0.774. The Morgan fingerprint density at radius 3 is 1.85 bits per heavy atom. The average Bonchev–Trinajstić information content (AvgIpc) is 2.63. The standard InChI is InChI=1S/C20H18N2O3S/c21-26(24,25)18-13-7-12-17(14-18)22-20(23)19(15-8-3-1-4-9-15)16-10-5-2-6-11-16/h1-14,19H,(H,22,23)(H2,21,24,25). The van der Waals surface area contributed by atoms with E-state index >= 15 is 0 Å². The number of carbonyl (C=O) groups is 1. The van der Waals surface area contributed by atoms with Crippen LogP contribution in [-0.4, -0.2) is 14.3 Å². The van der Waals surface area contributed by atoms with Crippen molar-refractivity contribution in [2.45, 2.75) is 10.8 Å². The maximum Gasteiger partial charge on any atom is 0.238 e. The van der Waals surface area contributed by atoms with E-state index in [4.69, 9.17) is 5.14 Å². The van der Waals surface area contributed by atoms with Crippen molar-refractivity contribution in [3.8, 4) is 0 Å². The van der Waals surface area contributed by atoms with Crippen LogP contribution in [0.2, 0.25) is 0 Å². The topological polar surface area (TPSA) is 89.3 Å². The summed E-state index contributed by atoms with van der Waals surface area (Å²) in [6, 6.07) is 24.7. The van der Waals surface area contributed by atoms with E-state index in [1.807, 2.05) is 60.7 Å². The van der Waals surface area contributed by atoms with Crippen molar-refractivity contribution >= 4 is 21.6 Å². The van der Waals surface area contributed by atoms with Gasteiger partial charge in [0.1, 0.15) is 0 Å². The van der Waals surface area contributed by atoms with Crippen LogP contribution in [0, 0.1) is 0 Å². The van der Waals surface area contributed by atoms with Gasteiger partial charge in [-0.15, -0.1) is 0 Å². The van der Waals surface area contributed by atoms with E-state index in [1.54, 1.807) is 6.07 Å². The van der Waals surface area contributed by atoms with Crippen LogP contribution in [-0.2, 0) is 14.8 Å². The fraction of sp³-hybridized carbons (Fsp3) is 0.0500. The lowest BCUT2D eigenvalue weighted by Crippen LogP contribution is -2.22. The van der Waals surface area contributed by atoms with Crippen LogP contribution in [0.5, 0.6) is 0 Å². The van der Waals surface area contributed by atoms with E-state index in [0.29, 0.717) is 5.69 Å². The van der Waals surface area contributed by atoms with Crippen molar-refractivity contribution in [1.29, 1.82) is 0 Å². The second kappa shape index (κ2) is 7.51. The lowest BCUT2D eigenvalue weighted by atomic mass is 9.90. The fourth-order valence-electron chi connectivity index (χ4n) is 2.75. The molecule has 0 saturated carbocycles. The maximum atomic E-state index is 13.0. The highest BCUT2D eigenvalue weighted by Crippen LogP contribution is 2.26. The van der Waals surface area contributed by atoms with Crippen molar-refractivity contribution in [1.82, 2.24) is 0 Å². The first-order chi connectivity index (χ1) is 12.4. The van der Waals surface area contributed by atoms with Gasteiger partial charge in [0.2, 0.25) is 15.9 Å². The molecule has 6 heteroatoms. The molecule has 0 aliphatic rings. The van der Waals surface area contributed by atoms with Crippen molar-refractivity contribution in [2.24, 2.45) is 5.14 Å². The Kier molecular flexibility index (Phi) is 5.16. The van der Waals surface area contributed by atoms with Crippen LogP contribution >= 0.6 is 0 Å². The monoisotopic (exact) mass is 366 g/mol. The van der Waals surface area contributed by atoms with Crippen LogP contribution in [0.3, 0.4) is 0 Å². The second-order valence-electron chi connectivity index (χ2n) is 5.82. The van der Waals surface area contributed by atoms with Gasteiger partial charge >= 0.3 is 0 Å². The minimum atomic E-state index is -3.84. The molecule has 3 N–H and O–H groups in total. The minimum absolute atomic E-state index is 0.0497. The van der Waals surface area contributed by atoms with Crippen molar-refractivity contribution in [3.05, 3.63) is 96.1 Å². The molecule has 0 fully saturated rings. The zero-order chi connectivity index (χ0) is 18.6. The molecule has 0 aliphatic heterocycles. The van der Waals surface area contributed by atoms with Gasteiger partial charge in [-0.2, -0.15) is 0 Å². The van der Waals surface area contributed by atoms with Crippen LogP contribution in [0.25, 0.3) is 0 Å². The van der Waals surface area contributed by atoms with E-state index in [1.165, 1.54) is 18.2 Å². The van der Waals surface area contributed by atoms with Gasteiger partial charge in [0, 0.05) is 5.69 Å². The fourth-order valence-corrected chi connectivity index (χ4v) is 3.31. The smallest absolute Gasteiger partial charge is 0.238 e. The number of sulfonamides is 1. The Labute approximate surface area is 152 Å². The summed E-state index contributed by atoms with van der Waals surface area (Å²) in [5.41, 5.74) is 2.07. The number of carbonyl (C=O) groups excluding carboxylic acids is 1. The number of nitrogens with two attached hydrogens (primary N) is 1. The molecule has 3 aromatic rings. The lowest BCUT2D eigenvalue weighted by Gasteiger charge is -2.18. The highest BCUT2D eigenvalue weighted by Gasteiger charge is 2.23. The maximum absolute atomic E-state index is 13.0. The number of primary sulfonamides is 1. The highest BCUT2D eigenvalue weighted by atomic mass is 32.2. The Hall–Kier alpha value is -2.96. The molecule has 0 saturated heterocycles. The number of anilines is 1. The predicted molar refractivity (Wildman–Crippen MR) is 101 cm³/mol. The molecule has 3 rings (SSSR count). The number of benzene rings is 3. The van der Waals surface area contributed by atoms with Gasteiger partial charge in [0.25, 0.3) is 0 Å². The predicted octanol–water partition coefficient (Wildman–Crippen LogP) is 3.10. The van der Waals surface area contributed by atoms with E-state index in [2.05, 4.69) is 5.32 Å². The molecule has 0 heterocycles. The zero-order valence-electron chi connectivity index (χ0n) is 13.9. The number of hydrogen-bond donors (Lipinski definition) is 2. The number of rotatable bonds is 5. The quantitative estimate of drug-likeness (QED) is 0.727. The molecular formula is C20H18N2O3S. The average molecular weight is 366 g/mol. The Bertz CT molecular complexity index is 964. The van der Waals surface area contributed by atoms with Gasteiger partial charge in [0.05, 0.1) is 10.8 Å². The first kappa shape index (κ1) is 17.8. The first-order valence-electron chi connectivity index (χ1n) is 7.99. The molecule has 132 valence electrons. The minimum Gasteiger partial charge on any atom is -0.325 e. The van der Waals surface area contributed by atoms with Crippen LogP contribution in [0.1, 0.15) is 17.0 Å². The first-order valence-corrected chi connectivity index (χ1v) is 9.53. The largest absolute Gasteiger partial charge is 0.325 e. The third-order valence-corrected chi connectivity index (χ3v) is 4.87. The summed E-state index contributed by atoms with van der Waals surface area (Å²) < 4.78 is 23.0. The molecule has 3 aromatic carbocycles. The number of amides is 1. The second-order valence-corrected chi connectivity index (χ2v) is 7.38. The van der Waals surface area contributed by atoms with Crippen LogP contribution < -0.4 is 10.5 Å². The van der Waals surface area contributed by atoms with Crippen molar-refractivity contribution in [3.63, 3.8) is 0 Å². The Balaban J connectivity index is 1.95. The van der Waals surface area contributed by atoms with Crippen molar-refractivity contribution in [2.75, 3.05) is 5.32 Å². The molecule has 0 aliphatic carbocycles. The summed E-state index contributed by atoms with van der Waals surface area (Å²) in [5, 5.41) is 7.95. The lowest BCUT2D eigenvalue weighted by molar-refractivity contribution is -0.116. The van der Waals surface area contributed by atoms with Gasteiger partial charge in [-0.25, -0.2) is 13.6 Å². The van der Waals surface area contributed by atoms with E-state index in [-0.39, 0.29) is 10.8 Å². The molecule has 26 heavy (non-hydrogen) atoms. The molecule has 0 spiro atoms. The molecule has 1 amide bonds. The summed E-state index contributed by atoms with van der Waals surface area (Å²) >= 11 is 0. The third-order valence-electron chi connectivity index (χ3n) is 3.96. The van der Waals surface area contributed by atoms with Gasteiger partial charge in [0.15, 0.2) is 0 Å². The summed E-state index contributed by atoms with van der Waals surface area (Å²) in [7, 11) is -3.84. The van der Waals surface area contributed by atoms with Gasteiger partial charge in [-0.3, -0.25) is 4.79 Å². The highest BCUT2D eigenvalue weighted by molar-refractivity contribution is 7.89. The summed E-state index contributed by atoms with van der Waals surface area (Å²) in [6.45, 7) is 0. The molecular weight excluding hydrogens is 348 g/mol. The van der Waals surface area contributed by atoms with Crippen molar-refractivity contribution < 1.29 is 13.2 Å².